The second kappa shape index (κ2) is 6.44. The van der Waals surface area contributed by atoms with Crippen molar-refractivity contribution in [2.24, 2.45) is 7.05 Å². The number of rotatable bonds is 3. The third-order valence-corrected chi connectivity index (χ3v) is 6.42. The molecule has 2 aliphatic heterocycles. The number of furan rings is 1. The van der Waals surface area contributed by atoms with Gasteiger partial charge in [0, 0.05) is 25.2 Å². The summed E-state index contributed by atoms with van der Waals surface area (Å²) in [6.07, 6.45) is 6.12. The topological polar surface area (TPSA) is 76.2 Å². The molecular formula is C21H25N5O2. The SMILES string of the molecule is Cc1nn(C)c2nc(-c3ccco3)cc(C(=O)NC3C[C@@H]4CC[C@@H](C3)N4C)c12. The van der Waals surface area contributed by atoms with E-state index in [0.717, 1.165) is 23.9 Å². The number of hydrogen-bond acceptors (Lipinski definition) is 5. The van der Waals surface area contributed by atoms with Crippen molar-refractivity contribution in [2.75, 3.05) is 7.05 Å². The van der Waals surface area contributed by atoms with Crippen LogP contribution >= 0.6 is 0 Å². The average Bonchev–Trinajstić information content (AvgIpc) is 3.34. The van der Waals surface area contributed by atoms with Crippen molar-refractivity contribution in [1.82, 2.24) is 25.0 Å². The molecule has 3 aromatic rings. The number of carbonyl (C=O) groups is 1. The molecule has 28 heavy (non-hydrogen) atoms. The van der Waals surface area contributed by atoms with E-state index < -0.39 is 0 Å². The van der Waals surface area contributed by atoms with Gasteiger partial charge in [-0.15, -0.1) is 0 Å². The highest BCUT2D eigenvalue weighted by atomic mass is 16.3. The highest BCUT2D eigenvalue weighted by Gasteiger charge is 2.39. The molecule has 0 unspecified atom stereocenters. The number of fused-ring (bicyclic) bond motifs is 3. The Hall–Kier alpha value is -2.67. The van der Waals surface area contributed by atoms with Crippen molar-refractivity contribution in [3.8, 4) is 11.5 Å². The van der Waals surface area contributed by atoms with Gasteiger partial charge in [-0.05, 0) is 57.9 Å². The number of nitrogens with zero attached hydrogens (tertiary/aromatic N) is 4. The van der Waals surface area contributed by atoms with Crippen LogP contribution in [0.5, 0.6) is 0 Å². The summed E-state index contributed by atoms with van der Waals surface area (Å²) in [4.78, 5) is 20.5. The molecule has 0 radical (unpaired) electrons. The molecule has 2 atom stereocenters. The summed E-state index contributed by atoms with van der Waals surface area (Å²) >= 11 is 0. The van der Waals surface area contributed by atoms with Crippen molar-refractivity contribution in [1.29, 1.82) is 0 Å². The van der Waals surface area contributed by atoms with E-state index in [9.17, 15) is 4.79 Å². The summed E-state index contributed by atoms with van der Waals surface area (Å²) in [6.45, 7) is 1.92. The predicted octanol–water partition coefficient (Wildman–Crippen LogP) is 2.89. The molecule has 0 saturated carbocycles. The fourth-order valence-corrected chi connectivity index (χ4v) is 4.97. The molecule has 0 spiro atoms. The van der Waals surface area contributed by atoms with Crippen LogP contribution < -0.4 is 5.32 Å². The van der Waals surface area contributed by atoms with Crippen LogP contribution in [0.4, 0.5) is 0 Å². The summed E-state index contributed by atoms with van der Waals surface area (Å²) in [5, 5.41) is 8.59. The molecule has 7 heteroatoms. The van der Waals surface area contributed by atoms with E-state index in [2.05, 4.69) is 22.4 Å². The molecule has 2 bridgehead atoms. The summed E-state index contributed by atoms with van der Waals surface area (Å²) < 4.78 is 7.24. The number of carbonyl (C=O) groups excluding carboxylic acids is 1. The van der Waals surface area contributed by atoms with E-state index in [1.807, 2.05) is 32.2 Å². The first kappa shape index (κ1) is 17.4. The minimum atomic E-state index is -0.0507. The van der Waals surface area contributed by atoms with E-state index in [-0.39, 0.29) is 11.9 Å². The van der Waals surface area contributed by atoms with Gasteiger partial charge >= 0.3 is 0 Å². The van der Waals surface area contributed by atoms with Crippen LogP contribution in [0.15, 0.2) is 28.9 Å². The largest absolute Gasteiger partial charge is 0.463 e. The molecule has 2 aliphatic rings. The Balaban J connectivity index is 1.51. The van der Waals surface area contributed by atoms with Gasteiger partial charge in [0.1, 0.15) is 5.69 Å². The third-order valence-electron chi connectivity index (χ3n) is 6.42. The Morgan fingerprint density at radius 1 is 1.25 bits per heavy atom. The molecule has 2 fully saturated rings. The lowest BCUT2D eigenvalue weighted by Crippen LogP contribution is -2.48. The molecule has 146 valence electrons. The Bertz CT molecular complexity index is 1020. The van der Waals surface area contributed by atoms with Crippen LogP contribution in [0, 0.1) is 6.92 Å². The molecule has 5 rings (SSSR count). The quantitative estimate of drug-likeness (QED) is 0.757. The Morgan fingerprint density at radius 2 is 2.00 bits per heavy atom. The summed E-state index contributed by atoms with van der Waals surface area (Å²) in [6, 6.07) is 6.89. The molecule has 0 aliphatic carbocycles. The first-order valence-electron chi connectivity index (χ1n) is 9.92. The molecule has 3 aromatic heterocycles. The van der Waals surface area contributed by atoms with Crippen LogP contribution in [0.1, 0.15) is 41.7 Å². The molecule has 7 nitrogen and oxygen atoms in total. The fraction of sp³-hybridized carbons (Fsp3) is 0.476. The number of pyridine rings is 1. The van der Waals surface area contributed by atoms with Gasteiger partial charge in [-0.3, -0.25) is 9.48 Å². The van der Waals surface area contributed by atoms with Crippen molar-refractivity contribution >= 4 is 16.9 Å². The van der Waals surface area contributed by atoms with Crippen LogP contribution in [-0.2, 0) is 7.05 Å². The lowest BCUT2D eigenvalue weighted by molar-refractivity contribution is 0.0884. The van der Waals surface area contributed by atoms with E-state index in [1.165, 1.54) is 12.8 Å². The van der Waals surface area contributed by atoms with Gasteiger partial charge in [0.05, 0.1) is 22.9 Å². The second-order valence-corrected chi connectivity index (χ2v) is 8.13. The fourth-order valence-electron chi connectivity index (χ4n) is 4.97. The number of nitrogens with one attached hydrogen (secondary N) is 1. The summed E-state index contributed by atoms with van der Waals surface area (Å²) in [7, 11) is 4.06. The second-order valence-electron chi connectivity index (χ2n) is 8.13. The highest BCUT2D eigenvalue weighted by Crippen LogP contribution is 2.34. The zero-order valence-corrected chi connectivity index (χ0v) is 16.5. The zero-order chi connectivity index (χ0) is 19.4. The van der Waals surface area contributed by atoms with Crippen LogP contribution in [0.3, 0.4) is 0 Å². The number of amides is 1. The van der Waals surface area contributed by atoms with Gasteiger partial charge in [0.2, 0.25) is 0 Å². The summed E-state index contributed by atoms with van der Waals surface area (Å²) in [5.41, 5.74) is 2.77. The lowest BCUT2D eigenvalue weighted by atomic mass is 9.97. The van der Waals surface area contributed by atoms with Crippen molar-refractivity contribution in [2.45, 2.75) is 50.7 Å². The third kappa shape index (κ3) is 2.73. The molecule has 5 heterocycles. The number of aryl methyl sites for hydroxylation is 2. The maximum absolute atomic E-state index is 13.3. The molecule has 1 N–H and O–H groups in total. The van der Waals surface area contributed by atoms with E-state index in [4.69, 9.17) is 9.40 Å². The molecule has 0 aromatic carbocycles. The molecular weight excluding hydrogens is 354 g/mol. The van der Waals surface area contributed by atoms with Crippen LogP contribution in [-0.4, -0.2) is 50.7 Å². The zero-order valence-electron chi connectivity index (χ0n) is 16.5. The van der Waals surface area contributed by atoms with Gasteiger partial charge in [-0.25, -0.2) is 4.98 Å². The lowest BCUT2D eigenvalue weighted by Gasteiger charge is -2.36. The number of piperidine rings is 1. The number of hydrogen-bond donors (Lipinski definition) is 1. The monoisotopic (exact) mass is 379 g/mol. The van der Waals surface area contributed by atoms with Gasteiger partial charge in [0.25, 0.3) is 5.91 Å². The van der Waals surface area contributed by atoms with E-state index >= 15 is 0 Å². The smallest absolute Gasteiger partial charge is 0.252 e. The Morgan fingerprint density at radius 3 is 2.68 bits per heavy atom. The van der Waals surface area contributed by atoms with Gasteiger partial charge < -0.3 is 14.6 Å². The standard InChI is InChI=1S/C21H25N5O2/c1-12-19-16(21(27)22-13-9-14-6-7-15(10-13)25(14)2)11-17(18-5-4-8-28-18)23-20(19)26(3)24-12/h4-5,8,11,13-15H,6-7,9-10H2,1-3H3,(H,22,27)/t14-,15-/m0/s1. The maximum Gasteiger partial charge on any atom is 0.252 e. The van der Waals surface area contributed by atoms with Crippen LogP contribution in [0.25, 0.3) is 22.5 Å². The number of aromatic nitrogens is 3. The minimum Gasteiger partial charge on any atom is -0.463 e. The Labute approximate surface area is 163 Å². The van der Waals surface area contributed by atoms with Crippen LogP contribution in [0.2, 0.25) is 0 Å². The maximum atomic E-state index is 13.3. The first-order chi connectivity index (χ1) is 13.5. The van der Waals surface area contributed by atoms with E-state index in [0.29, 0.717) is 34.7 Å². The van der Waals surface area contributed by atoms with Gasteiger partial charge in [-0.2, -0.15) is 5.10 Å². The van der Waals surface area contributed by atoms with Crippen molar-refractivity contribution in [3.05, 3.63) is 35.7 Å². The predicted molar refractivity (Wildman–Crippen MR) is 106 cm³/mol. The molecule has 1 amide bonds. The normalized spacial score (nSPS) is 24.8. The van der Waals surface area contributed by atoms with Crippen molar-refractivity contribution < 1.29 is 9.21 Å². The first-order valence-corrected chi connectivity index (χ1v) is 9.92. The van der Waals surface area contributed by atoms with Crippen molar-refractivity contribution in [3.63, 3.8) is 0 Å². The highest BCUT2D eigenvalue weighted by molar-refractivity contribution is 6.07. The van der Waals surface area contributed by atoms with E-state index in [1.54, 1.807) is 10.9 Å². The van der Waals surface area contributed by atoms with Gasteiger partial charge in [0.15, 0.2) is 11.4 Å². The molecule has 2 saturated heterocycles. The minimum absolute atomic E-state index is 0.0507. The Kier molecular flexibility index (Phi) is 4.01. The van der Waals surface area contributed by atoms with Gasteiger partial charge in [-0.1, -0.05) is 0 Å². The average molecular weight is 379 g/mol. The summed E-state index contributed by atoms with van der Waals surface area (Å²) in [5.74, 6) is 0.595.